The number of ether oxygens (including phenoxy) is 1. The smallest absolute Gasteiger partial charge is 0.305 e. The van der Waals surface area contributed by atoms with Crippen molar-refractivity contribution >= 4 is 35.2 Å². The highest BCUT2D eigenvalue weighted by Gasteiger charge is 2.15. The first-order valence-corrected chi connectivity index (χ1v) is 6.93. The lowest BCUT2D eigenvalue weighted by molar-refractivity contribution is -0.140. The minimum Gasteiger partial charge on any atom is -0.469 e. The van der Waals surface area contributed by atoms with Crippen LogP contribution in [0.4, 0.5) is 0 Å². The van der Waals surface area contributed by atoms with Gasteiger partial charge in [-0.15, -0.1) is 12.4 Å². The molecule has 1 fully saturated rings. The molecule has 1 rings (SSSR count). The van der Waals surface area contributed by atoms with Crippen LogP contribution in [0.25, 0.3) is 0 Å². The van der Waals surface area contributed by atoms with Gasteiger partial charge in [-0.1, -0.05) is 25.7 Å². The van der Waals surface area contributed by atoms with Crippen molar-refractivity contribution in [2.45, 2.75) is 51.4 Å². The molecule has 0 heterocycles. The Balaban J connectivity index is 0. The van der Waals surface area contributed by atoms with Crippen molar-refractivity contribution < 1.29 is 14.3 Å². The molecule has 1 aliphatic rings. The zero-order valence-electron chi connectivity index (χ0n) is 11.5. The number of rotatable bonds is 6. The summed E-state index contributed by atoms with van der Waals surface area (Å²) >= 11 is 5.22. The van der Waals surface area contributed by atoms with E-state index >= 15 is 0 Å². The average molecular weight is 314 g/mol. The molecule has 0 aromatic heterocycles. The fourth-order valence-electron chi connectivity index (χ4n) is 1.97. The highest BCUT2D eigenvalue weighted by atomic mass is 35.5. The van der Waals surface area contributed by atoms with Gasteiger partial charge in [-0.05, 0) is 36.9 Å². The van der Waals surface area contributed by atoms with Crippen LogP contribution in [0.1, 0.15) is 51.4 Å². The molecule has 6 heteroatoms. The minimum absolute atomic E-state index is 0. The largest absolute Gasteiger partial charge is 0.469 e. The average Bonchev–Trinajstić information content (AvgIpc) is 2.87. The molecule has 1 saturated carbocycles. The number of nitrogens with two attached hydrogens (primary N) is 1. The summed E-state index contributed by atoms with van der Waals surface area (Å²) in [5.41, 5.74) is 5.12. The summed E-state index contributed by atoms with van der Waals surface area (Å²) in [5, 5.41) is -0.174. The van der Waals surface area contributed by atoms with Crippen molar-refractivity contribution in [2.24, 2.45) is 11.7 Å². The van der Waals surface area contributed by atoms with Gasteiger partial charge < -0.3 is 10.5 Å². The maximum atomic E-state index is 10.4. The molecule has 0 atom stereocenters. The molecule has 4 nitrogen and oxygen atoms in total. The van der Waals surface area contributed by atoms with E-state index in [1.54, 1.807) is 0 Å². The van der Waals surface area contributed by atoms with Crippen molar-refractivity contribution in [1.82, 2.24) is 0 Å². The number of hydrogen-bond donors (Lipinski definition) is 1. The molecule has 0 spiro atoms. The second-order valence-corrected chi connectivity index (χ2v) is 4.93. The summed E-state index contributed by atoms with van der Waals surface area (Å²) in [4.78, 5) is 20.7. The van der Waals surface area contributed by atoms with E-state index in [0.717, 1.165) is 12.3 Å². The minimum atomic E-state index is -0.185. The highest BCUT2D eigenvalue weighted by molar-refractivity contribution is 6.63. The van der Waals surface area contributed by atoms with E-state index < -0.39 is 0 Å². The molecule has 0 amide bonds. The molecular formula is C13H25Cl2NO3. The van der Waals surface area contributed by atoms with Crippen molar-refractivity contribution in [1.29, 1.82) is 0 Å². The second-order valence-electron chi connectivity index (χ2n) is 4.51. The lowest BCUT2D eigenvalue weighted by atomic mass is 10.0. The van der Waals surface area contributed by atoms with Gasteiger partial charge in [0, 0.05) is 12.8 Å². The molecule has 0 bridgehead atoms. The van der Waals surface area contributed by atoms with Crippen LogP contribution in [0, 0.1) is 5.92 Å². The first kappa shape index (κ1) is 21.0. The van der Waals surface area contributed by atoms with Crippen molar-refractivity contribution in [3.05, 3.63) is 0 Å². The molecule has 0 radical (unpaired) electrons. The van der Waals surface area contributed by atoms with Crippen molar-refractivity contribution in [2.75, 3.05) is 13.7 Å². The summed E-state index contributed by atoms with van der Waals surface area (Å²) in [6, 6.07) is 0. The second kappa shape index (κ2) is 14.1. The lowest BCUT2D eigenvalue weighted by Crippen LogP contribution is -2.05. The molecule has 114 valence electrons. The maximum Gasteiger partial charge on any atom is 0.305 e. The predicted octanol–water partition coefficient (Wildman–Crippen LogP) is 3.04. The fraction of sp³-hybridized carbons (Fsp3) is 0.846. The molecule has 1 aliphatic carbocycles. The summed E-state index contributed by atoms with van der Waals surface area (Å²) < 4.78 is 4.36. The Bertz CT molecular complexity index is 244. The van der Waals surface area contributed by atoms with Gasteiger partial charge in [0.2, 0.25) is 5.24 Å². The van der Waals surface area contributed by atoms with E-state index in [-0.39, 0.29) is 23.6 Å². The summed E-state index contributed by atoms with van der Waals surface area (Å²) in [7, 11) is 1.37. The molecule has 0 saturated heterocycles. The van der Waals surface area contributed by atoms with Gasteiger partial charge in [0.25, 0.3) is 0 Å². The first-order chi connectivity index (χ1) is 8.60. The van der Waals surface area contributed by atoms with Gasteiger partial charge in [-0.3, -0.25) is 9.59 Å². The standard InChI is InChI=1S/C8H13ClO.C5H11NO2.ClH/c9-8(10)6-5-7-3-1-2-4-7;1-8-5(7)3-2-4-6;/h7H,1-6H2;2-4,6H2,1H3;1H. The first-order valence-electron chi connectivity index (χ1n) is 6.55. The number of halogens is 2. The van der Waals surface area contributed by atoms with Crippen LogP contribution in [0.5, 0.6) is 0 Å². The molecular weight excluding hydrogens is 289 g/mol. The Morgan fingerprint density at radius 2 is 1.84 bits per heavy atom. The topological polar surface area (TPSA) is 69.4 Å². The van der Waals surface area contributed by atoms with E-state index in [0.29, 0.717) is 25.8 Å². The zero-order chi connectivity index (χ0) is 13.8. The monoisotopic (exact) mass is 313 g/mol. The molecule has 0 unspecified atom stereocenters. The quantitative estimate of drug-likeness (QED) is 0.604. The summed E-state index contributed by atoms with van der Waals surface area (Å²) in [6.45, 7) is 0.551. The normalized spacial score (nSPS) is 14.1. The van der Waals surface area contributed by atoms with Gasteiger partial charge in [0.1, 0.15) is 0 Å². The predicted molar refractivity (Wildman–Crippen MR) is 79.6 cm³/mol. The van der Waals surface area contributed by atoms with Crippen LogP contribution < -0.4 is 5.73 Å². The summed E-state index contributed by atoms with van der Waals surface area (Å²) in [6.07, 6.45) is 8.06. The molecule has 0 aromatic rings. The molecule has 0 aromatic carbocycles. The van der Waals surface area contributed by atoms with E-state index in [9.17, 15) is 9.59 Å². The van der Waals surface area contributed by atoms with E-state index in [2.05, 4.69) is 4.74 Å². The third-order valence-electron chi connectivity index (χ3n) is 3.04. The number of methoxy groups -OCH3 is 1. The van der Waals surface area contributed by atoms with Crippen LogP contribution in [-0.4, -0.2) is 24.9 Å². The number of hydrogen-bond acceptors (Lipinski definition) is 4. The molecule has 2 N–H and O–H groups in total. The van der Waals surface area contributed by atoms with Crippen LogP contribution in [0.3, 0.4) is 0 Å². The van der Waals surface area contributed by atoms with Crippen LogP contribution in [-0.2, 0) is 14.3 Å². The molecule has 0 aliphatic heterocycles. The SMILES string of the molecule is COC(=O)CCCN.Cl.O=C(Cl)CCC1CCCC1. The number of esters is 1. The van der Waals surface area contributed by atoms with E-state index in [1.807, 2.05) is 0 Å². The maximum absolute atomic E-state index is 10.4. The number of carbonyl (C=O) groups excluding carboxylic acids is 2. The zero-order valence-corrected chi connectivity index (χ0v) is 13.1. The third kappa shape index (κ3) is 13.9. The molecule has 19 heavy (non-hydrogen) atoms. The van der Waals surface area contributed by atoms with Crippen LogP contribution in [0.15, 0.2) is 0 Å². The fourth-order valence-corrected chi connectivity index (χ4v) is 2.07. The Hall–Kier alpha value is -0.320. The Morgan fingerprint density at radius 3 is 2.26 bits per heavy atom. The van der Waals surface area contributed by atoms with E-state index in [1.165, 1.54) is 32.8 Å². The number of carbonyl (C=O) groups is 2. The van der Waals surface area contributed by atoms with Gasteiger partial charge >= 0.3 is 5.97 Å². The summed E-state index contributed by atoms with van der Waals surface area (Å²) in [5.74, 6) is 0.609. The lowest BCUT2D eigenvalue weighted by Gasteiger charge is -2.04. The van der Waals surface area contributed by atoms with Crippen molar-refractivity contribution in [3.63, 3.8) is 0 Å². The highest BCUT2D eigenvalue weighted by Crippen LogP contribution is 2.28. The third-order valence-corrected chi connectivity index (χ3v) is 3.23. The van der Waals surface area contributed by atoms with Gasteiger partial charge in [-0.25, -0.2) is 0 Å². The van der Waals surface area contributed by atoms with Crippen molar-refractivity contribution in [3.8, 4) is 0 Å². The van der Waals surface area contributed by atoms with Crippen LogP contribution >= 0.6 is 24.0 Å². The van der Waals surface area contributed by atoms with Gasteiger partial charge in [-0.2, -0.15) is 0 Å². The Kier molecular flexibility index (Phi) is 15.6. The van der Waals surface area contributed by atoms with Crippen LogP contribution in [0.2, 0.25) is 0 Å². The van der Waals surface area contributed by atoms with Gasteiger partial charge in [0.05, 0.1) is 7.11 Å². The van der Waals surface area contributed by atoms with E-state index in [4.69, 9.17) is 17.3 Å². The Labute approximate surface area is 126 Å². The Morgan fingerprint density at radius 1 is 1.26 bits per heavy atom. The van der Waals surface area contributed by atoms with Gasteiger partial charge in [0.15, 0.2) is 0 Å².